The molecule has 0 saturated carbocycles. The molecule has 0 aromatic rings. The van der Waals surface area contributed by atoms with Crippen LogP contribution in [-0.4, -0.2) is 56.6 Å². The predicted octanol–water partition coefficient (Wildman–Crippen LogP) is 2.41. The minimum atomic E-state index is -0.103. The van der Waals surface area contributed by atoms with E-state index in [1.54, 1.807) is 0 Å². The summed E-state index contributed by atoms with van der Waals surface area (Å²) >= 11 is 0. The van der Waals surface area contributed by atoms with Crippen LogP contribution < -0.4 is 5.32 Å². The van der Waals surface area contributed by atoms with E-state index in [0.717, 1.165) is 13.1 Å². The first kappa shape index (κ1) is 17.6. The summed E-state index contributed by atoms with van der Waals surface area (Å²) in [6.07, 6.45) is 4.63. The van der Waals surface area contributed by atoms with Crippen molar-refractivity contribution in [2.75, 3.05) is 39.4 Å². The van der Waals surface area contributed by atoms with Crippen molar-refractivity contribution in [3.63, 3.8) is 0 Å². The van der Waals surface area contributed by atoms with Gasteiger partial charge in [0.1, 0.15) is 0 Å². The molecular formula is C16H32N2O2. The molecule has 0 aromatic heterocycles. The molecule has 4 heteroatoms. The SMILES string of the molecule is CCOC(CNC1CCN(CC=C(C)C)CC1)OCC. The van der Waals surface area contributed by atoms with E-state index < -0.39 is 0 Å². The Kier molecular flexibility index (Phi) is 9.10. The van der Waals surface area contributed by atoms with Crippen LogP contribution in [0.25, 0.3) is 0 Å². The third kappa shape index (κ3) is 7.39. The summed E-state index contributed by atoms with van der Waals surface area (Å²) in [6, 6.07) is 0.598. The van der Waals surface area contributed by atoms with E-state index >= 15 is 0 Å². The molecule has 0 unspecified atom stereocenters. The second-order valence-electron chi connectivity index (χ2n) is 5.60. The van der Waals surface area contributed by atoms with E-state index in [1.165, 1.54) is 31.5 Å². The molecule has 118 valence electrons. The third-order valence-corrected chi connectivity index (χ3v) is 3.62. The van der Waals surface area contributed by atoms with Crippen LogP contribution in [0.1, 0.15) is 40.5 Å². The van der Waals surface area contributed by atoms with Crippen LogP contribution >= 0.6 is 0 Å². The highest BCUT2D eigenvalue weighted by atomic mass is 16.7. The zero-order valence-corrected chi connectivity index (χ0v) is 13.7. The average Bonchev–Trinajstić information content (AvgIpc) is 2.44. The molecule has 1 aliphatic heterocycles. The fraction of sp³-hybridized carbons (Fsp3) is 0.875. The predicted molar refractivity (Wildman–Crippen MR) is 83.9 cm³/mol. The van der Waals surface area contributed by atoms with Gasteiger partial charge in [0, 0.05) is 32.3 Å². The molecule has 1 rings (SSSR count). The monoisotopic (exact) mass is 284 g/mol. The standard InChI is InChI=1S/C16H32N2O2/c1-5-19-16(20-6-2)13-17-15-8-11-18(12-9-15)10-7-14(3)4/h7,15-17H,5-6,8-13H2,1-4H3. The molecule has 1 fully saturated rings. The Morgan fingerprint density at radius 2 is 1.80 bits per heavy atom. The van der Waals surface area contributed by atoms with Crippen molar-refractivity contribution in [1.82, 2.24) is 10.2 Å². The van der Waals surface area contributed by atoms with E-state index in [1.807, 2.05) is 13.8 Å². The molecular weight excluding hydrogens is 252 g/mol. The summed E-state index contributed by atoms with van der Waals surface area (Å²) in [6.45, 7) is 14.0. The Labute approximate surface area is 124 Å². The molecule has 0 aliphatic carbocycles. The maximum atomic E-state index is 5.56. The molecule has 0 aromatic carbocycles. The van der Waals surface area contributed by atoms with Gasteiger partial charge in [0.2, 0.25) is 0 Å². The number of likely N-dealkylation sites (tertiary alicyclic amines) is 1. The molecule has 4 nitrogen and oxygen atoms in total. The molecule has 0 radical (unpaired) electrons. The lowest BCUT2D eigenvalue weighted by molar-refractivity contribution is -0.134. The number of hydrogen-bond acceptors (Lipinski definition) is 4. The average molecular weight is 284 g/mol. The minimum Gasteiger partial charge on any atom is -0.352 e. The molecule has 0 atom stereocenters. The molecule has 0 bridgehead atoms. The number of ether oxygens (including phenoxy) is 2. The first-order valence-electron chi connectivity index (χ1n) is 7.98. The lowest BCUT2D eigenvalue weighted by Crippen LogP contribution is -2.45. The van der Waals surface area contributed by atoms with Gasteiger partial charge >= 0.3 is 0 Å². The second kappa shape index (κ2) is 10.3. The van der Waals surface area contributed by atoms with Crippen LogP contribution in [0.2, 0.25) is 0 Å². The number of allylic oxidation sites excluding steroid dienone is 1. The highest BCUT2D eigenvalue weighted by Crippen LogP contribution is 2.11. The zero-order chi connectivity index (χ0) is 14.8. The van der Waals surface area contributed by atoms with Gasteiger partial charge in [-0.2, -0.15) is 0 Å². The van der Waals surface area contributed by atoms with Gasteiger partial charge in [-0.1, -0.05) is 11.6 Å². The van der Waals surface area contributed by atoms with Gasteiger partial charge in [0.05, 0.1) is 0 Å². The van der Waals surface area contributed by atoms with Crippen molar-refractivity contribution < 1.29 is 9.47 Å². The number of nitrogens with one attached hydrogen (secondary N) is 1. The van der Waals surface area contributed by atoms with Gasteiger partial charge < -0.3 is 14.8 Å². The van der Waals surface area contributed by atoms with Gasteiger partial charge in [0.15, 0.2) is 6.29 Å². The Balaban J connectivity index is 2.19. The van der Waals surface area contributed by atoms with E-state index in [0.29, 0.717) is 19.3 Å². The van der Waals surface area contributed by atoms with Crippen LogP contribution in [0, 0.1) is 0 Å². The Bertz CT molecular complexity index is 264. The summed E-state index contributed by atoms with van der Waals surface area (Å²) in [5, 5.41) is 3.58. The molecule has 0 spiro atoms. The second-order valence-corrected chi connectivity index (χ2v) is 5.60. The minimum absolute atomic E-state index is 0.103. The van der Waals surface area contributed by atoms with Gasteiger partial charge in [-0.3, -0.25) is 4.90 Å². The maximum absolute atomic E-state index is 5.56. The van der Waals surface area contributed by atoms with Crippen molar-refractivity contribution in [3.8, 4) is 0 Å². The lowest BCUT2D eigenvalue weighted by atomic mass is 10.0. The van der Waals surface area contributed by atoms with Crippen molar-refractivity contribution in [1.29, 1.82) is 0 Å². The highest BCUT2D eigenvalue weighted by Gasteiger charge is 2.19. The smallest absolute Gasteiger partial charge is 0.169 e. The fourth-order valence-electron chi connectivity index (χ4n) is 2.43. The topological polar surface area (TPSA) is 33.7 Å². The summed E-state index contributed by atoms with van der Waals surface area (Å²) in [5.41, 5.74) is 1.40. The highest BCUT2D eigenvalue weighted by molar-refractivity contribution is 4.95. The van der Waals surface area contributed by atoms with Crippen LogP contribution in [0.3, 0.4) is 0 Å². The number of rotatable bonds is 9. The first-order valence-corrected chi connectivity index (χ1v) is 7.98. The van der Waals surface area contributed by atoms with Gasteiger partial charge in [-0.15, -0.1) is 0 Å². The Morgan fingerprint density at radius 1 is 1.20 bits per heavy atom. The Hall–Kier alpha value is -0.420. The van der Waals surface area contributed by atoms with Crippen molar-refractivity contribution in [2.24, 2.45) is 0 Å². The van der Waals surface area contributed by atoms with Crippen LogP contribution in [-0.2, 0) is 9.47 Å². The summed E-state index contributed by atoms with van der Waals surface area (Å²) < 4.78 is 11.1. The summed E-state index contributed by atoms with van der Waals surface area (Å²) in [5.74, 6) is 0. The zero-order valence-electron chi connectivity index (χ0n) is 13.7. The first-order chi connectivity index (χ1) is 9.65. The van der Waals surface area contributed by atoms with E-state index in [9.17, 15) is 0 Å². The largest absolute Gasteiger partial charge is 0.352 e. The van der Waals surface area contributed by atoms with Crippen LogP contribution in [0.5, 0.6) is 0 Å². The van der Waals surface area contributed by atoms with Crippen LogP contribution in [0.4, 0.5) is 0 Å². The third-order valence-electron chi connectivity index (χ3n) is 3.62. The summed E-state index contributed by atoms with van der Waals surface area (Å²) in [7, 11) is 0. The summed E-state index contributed by atoms with van der Waals surface area (Å²) in [4.78, 5) is 2.52. The quantitative estimate of drug-likeness (QED) is 0.521. The number of hydrogen-bond donors (Lipinski definition) is 1. The van der Waals surface area contributed by atoms with E-state index in [2.05, 4.69) is 30.1 Å². The van der Waals surface area contributed by atoms with E-state index in [-0.39, 0.29) is 6.29 Å². The Morgan fingerprint density at radius 3 is 2.30 bits per heavy atom. The number of piperidine rings is 1. The van der Waals surface area contributed by atoms with Crippen LogP contribution in [0.15, 0.2) is 11.6 Å². The molecule has 0 amide bonds. The molecule has 20 heavy (non-hydrogen) atoms. The van der Waals surface area contributed by atoms with Crippen molar-refractivity contribution >= 4 is 0 Å². The van der Waals surface area contributed by atoms with Gasteiger partial charge in [-0.05, 0) is 53.6 Å². The molecule has 1 heterocycles. The van der Waals surface area contributed by atoms with Gasteiger partial charge in [-0.25, -0.2) is 0 Å². The normalized spacial score (nSPS) is 17.6. The molecule has 1 aliphatic rings. The molecule has 1 saturated heterocycles. The molecule has 1 N–H and O–H groups in total. The fourth-order valence-corrected chi connectivity index (χ4v) is 2.43. The van der Waals surface area contributed by atoms with Crippen molar-refractivity contribution in [2.45, 2.75) is 52.9 Å². The van der Waals surface area contributed by atoms with E-state index in [4.69, 9.17) is 9.47 Å². The number of nitrogens with zero attached hydrogens (tertiary/aromatic N) is 1. The van der Waals surface area contributed by atoms with Gasteiger partial charge in [0.25, 0.3) is 0 Å². The maximum Gasteiger partial charge on any atom is 0.169 e. The lowest BCUT2D eigenvalue weighted by Gasteiger charge is -2.32. The van der Waals surface area contributed by atoms with Crippen molar-refractivity contribution in [3.05, 3.63) is 11.6 Å².